The molecule has 3 rings (SSSR count). The Kier molecular flexibility index (Phi) is 3.16. The van der Waals surface area contributed by atoms with Crippen molar-refractivity contribution in [1.29, 1.82) is 5.26 Å². The summed E-state index contributed by atoms with van der Waals surface area (Å²) >= 11 is 0. The third-order valence-electron chi connectivity index (χ3n) is 3.20. The number of nitrogens with zero attached hydrogens (tertiary/aromatic N) is 4. The molecule has 6 nitrogen and oxygen atoms in total. The minimum absolute atomic E-state index is 0.383. The number of rotatable bonds is 3. The van der Waals surface area contributed by atoms with E-state index >= 15 is 0 Å². The number of fused-ring (bicyclic) bond motifs is 1. The predicted octanol–water partition coefficient (Wildman–Crippen LogP) is 1.94. The summed E-state index contributed by atoms with van der Waals surface area (Å²) in [4.78, 5) is 8.67. The molecule has 6 heteroatoms. The Balaban J connectivity index is 2.07. The molecule has 0 unspecified atom stereocenters. The average molecular weight is 279 g/mol. The highest BCUT2D eigenvalue weighted by atomic mass is 16.5. The van der Waals surface area contributed by atoms with E-state index < -0.39 is 0 Å². The lowest BCUT2D eigenvalue weighted by molar-refractivity contribution is 0.399. The first-order chi connectivity index (χ1) is 10.2. The van der Waals surface area contributed by atoms with E-state index in [9.17, 15) is 0 Å². The fourth-order valence-corrected chi connectivity index (χ4v) is 2.19. The maximum atomic E-state index is 8.96. The predicted molar refractivity (Wildman–Crippen MR) is 78.8 cm³/mol. The minimum Gasteiger partial charge on any atom is -0.481 e. The summed E-state index contributed by atoms with van der Waals surface area (Å²) in [6.45, 7) is 0.498. The van der Waals surface area contributed by atoms with Crippen LogP contribution in [0.3, 0.4) is 0 Å². The monoisotopic (exact) mass is 279 g/mol. The van der Waals surface area contributed by atoms with Gasteiger partial charge in [-0.3, -0.25) is 4.57 Å². The van der Waals surface area contributed by atoms with Crippen molar-refractivity contribution in [2.75, 3.05) is 12.8 Å². The second-order valence-electron chi connectivity index (χ2n) is 4.56. The zero-order chi connectivity index (χ0) is 14.8. The molecule has 1 aromatic carbocycles. The molecule has 0 aliphatic carbocycles. The summed E-state index contributed by atoms with van der Waals surface area (Å²) < 4.78 is 6.94. The van der Waals surface area contributed by atoms with Crippen molar-refractivity contribution in [3.05, 3.63) is 47.5 Å². The van der Waals surface area contributed by atoms with E-state index in [1.807, 2.05) is 24.3 Å². The molecule has 3 aromatic rings. The molecule has 2 heterocycles. The van der Waals surface area contributed by atoms with Crippen molar-refractivity contribution in [3.63, 3.8) is 0 Å². The number of benzene rings is 1. The standard InChI is InChI=1S/C15H13N5O/c1-21-13-6-5-12-14(19-13)20(15(17)18-12)9-11-4-2-3-10(7-11)8-16/h2-7H,9H2,1H3,(H2,17,18). The van der Waals surface area contributed by atoms with Gasteiger partial charge in [0.05, 0.1) is 25.3 Å². The molecule has 0 amide bonds. The molecule has 0 saturated heterocycles. The first kappa shape index (κ1) is 12.9. The number of hydrogen-bond acceptors (Lipinski definition) is 5. The van der Waals surface area contributed by atoms with Gasteiger partial charge in [-0.1, -0.05) is 12.1 Å². The van der Waals surface area contributed by atoms with Gasteiger partial charge in [-0.05, 0) is 23.8 Å². The fraction of sp³-hybridized carbons (Fsp3) is 0.133. The largest absolute Gasteiger partial charge is 0.481 e. The normalized spacial score (nSPS) is 10.5. The molecule has 0 radical (unpaired) electrons. The van der Waals surface area contributed by atoms with Crippen molar-refractivity contribution < 1.29 is 4.74 Å². The van der Waals surface area contributed by atoms with Gasteiger partial charge in [0.15, 0.2) is 5.65 Å². The minimum atomic E-state index is 0.383. The van der Waals surface area contributed by atoms with Gasteiger partial charge in [-0.25, -0.2) is 4.98 Å². The topological polar surface area (TPSA) is 89.8 Å². The SMILES string of the molecule is COc1ccc2nc(N)n(Cc3cccc(C#N)c3)c2n1. The van der Waals surface area contributed by atoms with E-state index in [1.165, 1.54) is 0 Å². The summed E-state index contributed by atoms with van der Waals surface area (Å²) in [6.07, 6.45) is 0. The first-order valence-corrected chi connectivity index (χ1v) is 6.37. The van der Waals surface area contributed by atoms with Crippen LogP contribution < -0.4 is 10.5 Å². The molecule has 0 saturated carbocycles. The molecule has 2 N–H and O–H groups in total. The van der Waals surface area contributed by atoms with Gasteiger partial charge < -0.3 is 10.5 Å². The summed E-state index contributed by atoms with van der Waals surface area (Å²) in [5.74, 6) is 0.891. The number of pyridine rings is 1. The van der Waals surface area contributed by atoms with Crippen LogP contribution >= 0.6 is 0 Å². The highest BCUT2D eigenvalue weighted by Gasteiger charge is 2.11. The lowest BCUT2D eigenvalue weighted by atomic mass is 10.1. The van der Waals surface area contributed by atoms with Crippen LogP contribution in [0.15, 0.2) is 36.4 Å². The van der Waals surface area contributed by atoms with E-state index in [0.717, 1.165) is 5.56 Å². The van der Waals surface area contributed by atoms with Crippen molar-refractivity contribution in [2.45, 2.75) is 6.54 Å². The Hall–Kier alpha value is -3.07. The van der Waals surface area contributed by atoms with Crippen molar-refractivity contribution in [3.8, 4) is 11.9 Å². The second kappa shape index (κ2) is 5.13. The third-order valence-corrected chi connectivity index (χ3v) is 3.20. The molecular weight excluding hydrogens is 266 g/mol. The van der Waals surface area contributed by atoms with E-state index in [2.05, 4.69) is 16.0 Å². The number of anilines is 1. The van der Waals surface area contributed by atoms with Gasteiger partial charge >= 0.3 is 0 Å². The van der Waals surface area contributed by atoms with Crippen LogP contribution in [0.5, 0.6) is 5.88 Å². The van der Waals surface area contributed by atoms with Gasteiger partial charge in [0.25, 0.3) is 0 Å². The fourth-order valence-electron chi connectivity index (χ4n) is 2.19. The molecule has 104 valence electrons. The molecule has 0 spiro atoms. The number of nitriles is 1. The molecule has 2 aromatic heterocycles. The third kappa shape index (κ3) is 2.37. The van der Waals surface area contributed by atoms with Crippen LogP contribution in [0.2, 0.25) is 0 Å². The van der Waals surface area contributed by atoms with Crippen LogP contribution in [0.1, 0.15) is 11.1 Å². The van der Waals surface area contributed by atoms with Gasteiger partial charge in [-0.2, -0.15) is 10.2 Å². The Morgan fingerprint density at radius 1 is 1.29 bits per heavy atom. The van der Waals surface area contributed by atoms with Crippen LogP contribution in [0, 0.1) is 11.3 Å². The number of imidazole rings is 1. The van der Waals surface area contributed by atoms with E-state index in [1.54, 1.807) is 23.8 Å². The molecule has 0 aliphatic heterocycles. The van der Waals surface area contributed by atoms with Crippen molar-refractivity contribution in [2.24, 2.45) is 0 Å². The van der Waals surface area contributed by atoms with Crippen LogP contribution in [0.25, 0.3) is 11.2 Å². The quantitative estimate of drug-likeness (QED) is 0.791. The van der Waals surface area contributed by atoms with Crippen LogP contribution in [-0.4, -0.2) is 21.6 Å². The number of methoxy groups -OCH3 is 1. The Morgan fingerprint density at radius 3 is 2.90 bits per heavy atom. The van der Waals surface area contributed by atoms with Gasteiger partial charge in [0.2, 0.25) is 11.8 Å². The highest BCUT2D eigenvalue weighted by Crippen LogP contribution is 2.20. The maximum absolute atomic E-state index is 8.96. The molecule has 0 aliphatic rings. The molecule has 0 atom stereocenters. The van der Waals surface area contributed by atoms with Gasteiger partial charge in [0.1, 0.15) is 5.52 Å². The lowest BCUT2D eigenvalue weighted by Gasteiger charge is -2.07. The Labute approximate surface area is 121 Å². The number of nitrogen functional groups attached to an aromatic ring is 1. The van der Waals surface area contributed by atoms with Crippen LogP contribution in [-0.2, 0) is 6.54 Å². The molecule has 21 heavy (non-hydrogen) atoms. The first-order valence-electron chi connectivity index (χ1n) is 6.37. The lowest BCUT2D eigenvalue weighted by Crippen LogP contribution is -2.05. The molecule has 0 fully saturated rings. The smallest absolute Gasteiger partial charge is 0.215 e. The Morgan fingerprint density at radius 2 is 2.14 bits per heavy atom. The summed E-state index contributed by atoms with van der Waals surface area (Å²) in [6, 6.07) is 13.1. The van der Waals surface area contributed by atoms with E-state index in [-0.39, 0.29) is 0 Å². The van der Waals surface area contributed by atoms with Gasteiger partial charge in [0, 0.05) is 6.07 Å². The molecule has 0 bridgehead atoms. The van der Waals surface area contributed by atoms with Crippen molar-refractivity contribution in [1.82, 2.24) is 14.5 Å². The zero-order valence-electron chi connectivity index (χ0n) is 11.4. The highest BCUT2D eigenvalue weighted by molar-refractivity contribution is 5.75. The number of ether oxygens (including phenoxy) is 1. The van der Waals surface area contributed by atoms with Crippen molar-refractivity contribution >= 4 is 17.1 Å². The summed E-state index contributed by atoms with van der Waals surface area (Å²) in [5.41, 5.74) is 8.92. The zero-order valence-corrected chi connectivity index (χ0v) is 11.4. The van der Waals surface area contributed by atoms with Gasteiger partial charge in [-0.15, -0.1) is 0 Å². The summed E-state index contributed by atoms with van der Waals surface area (Å²) in [7, 11) is 1.56. The maximum Gasteiger partial charge on any atom is 0.215 e. The average Bonchev–Trinajstić information content (AvgIpc) is 2.82. The summed E-state index contributed by atoms with van der Waals surface area (Å²) in [5, 5.41) is 8.96. The Bertz CT molecular complexity index is 847. The number of aromatic nitrogens is 3. The van der Waals surface area contributed by atoms with E-state index in [4.69, 9.17) is 15.7 Å². The van der Waals surface area contributed by atoms with Crippen LogP contribution in [0.4, 0.5) is 5.95 Å². The number of hydrogen-bond donors (Lipinski definition) is 1. The number of nitrogens with two attached hydrogens (primary N) is 1. The second-order valence-corrected chi connectivity index (χ2v) is 4.56. The molecular formula is C15H13N5O. The van der Waals surface area contributed by atoms with E-state index in [0.29, 0.717) is 35.1 Å².